The molecule has 4 aromatic rings. The predicted octanol–water partition coefficient (Wildman–Crippen LogP) is 5.51. The van der Waals surface area contributed by atoms with Gasteiger partial charge in [0.15, 0.2) is 0 Å². The monoisotopic (exact) mass is 320 g/mol. The van der Waals surface area contributed by atoms with Crippen LogP contribution in [0.1, 0.15) is 22.3 Å². The van der Waals surface area contributed by atoms with Crippen molar-refractivity contribution in [3.05, 3.63) is 95.3 Å². The number of aryl methyl sites for hydroxylation is 1. The van der Waals surface area contributed by atoms with Gasteiger partial charge < -0.3 is 0 Å². The number of benzene rings is 2. The number of hydrogen-bond donors (Lipinski definition) is 0. The van der Waals surface area contributed by atoms with Crippen LogP contribution in [0.4, 0.5) is 0 Å². The number of hydrogen-bond acceptors (Lipinski definition) is 2. The Hall–Kier alpha value is -3.26. The van der Waals surface area contributed by atoms with Gasteiger partial charge in [0.25, 0.3) is 0 Å². The lowest BCUT2D eigenvalue weighted by molar-refractivity contribution is 1.32. The molecule has 2 aromatic carbocycles. The van der Waals surface area contributed by atoms with Crippen LogP contribution in [0.3, 0.4) is 0 Å². The molecular formula is C23H16N2. The van der Waals surface area contributed by atoms with Crippen molar-refractivity contribution in [1.82, 2.24) is 9.97 Å². The van der Waals surface area contributed by atoms with E-state index < -0.39 is 0 Å². The van der Waals surface area contributed by atoms with Gasteiger partial charge in [0.1, 0.15) is 0 Å². The van der Waals surface area contributed by atoms with Crippen molar-refractivity contribution >= 4 is 22.6 Å². The van der Waals surface area contributed by atoms with Crippen molar-refractivity contribution in [2.75, 3.05) is 0 Å². The lowest BCUT2D eigenvalue weighted by Crippen LogP contribution is -1.87. The number of nitrogens with zero attached hydrogens (tertiary/aromatic N) is 2. The zero-order valence-electron chi connectivity index (χ0n) is 13.9. The lowest BCUT2D eigenvalue weighted by Gasteiger charge is -2.05. The molecule has 2 aromatic heterocycles. The van der Waals surface area contributed by atoms with Gasteiger partial charge in [-0.3, -0.25) is 4.98 Å². The molecule has 0 amide bonds. The maximum atomic E-state index is 4.97. The molecule has 0 atom stereocenters. The van der Waals surface area contributed by atoms with Crippen molar-refractivity contribution in [2.24, 2.45) is 0 Å². The van der Waals surface area contributed by atoms with Gasteiger partial charge in [-0.1, -0.05) is 42.0 Å². The number of aromatic nitrogens is 2. The highest BCUT2D eigenvalue weighted by molar-refractivity contribution is 6.07. The van der Waals surface area contributed by atoms with Gasteiger partial charge in [-0.15, -0.1) is 0 Å². The molecule has 0 bridgehead atoms. The molecule has 25 heavy (non-hydrogen) atoms. The first-order valence-corrected chi connectivity index (χ1v) is 8.43. The smallest absolute Gasteiger partial charge is 0.0794 e. The van der Waals surface area contributed by atoms with Gasteiger partial charge in [0.05, 0.1) is 11.2 Å². The van der Waals surface area contributed by atoms with Crippen LogP contribution in [0.5, 0.6) is 0 Å². The average Bonchev–Trinajstić information content (AvgIpc) is 2.93. The summed E-state index contributed by atoms with van der Waals surface area (Å²) in [5.41, 5.74) is 9.35. The largest absolute Gasteiger partial charge is 0.264 e. The molecule has 2 nitrogen and oxygen atoms in total. The molecule has 0 saturated carbocycles. The van der Waals surface area contributed by atoms with E-state index in [9.17, 15) is 0 Å². The molecule has 1 aliphatic carbocycles. The molecule has 0 unspecified atom stereocenters. The van der Waals surface area contributed by atoms with Crippen LogP contribution in [0.2, 0.25) is 0 Å². The summed E-state index contributed by atoms with van der Waals surface area (Å²) in [6, 6.07) is 21.2. The van der Waals surface area contributed by atoms with E-state index in [-0.39, 0.29) is 0 Å². The molecule has 0 fully saturated rings. The van der Waals surface area contributed by atoms with E-state index in [1.165, 1.54) is 33.2 Å². The molecule has 2 heteroatoms. The van der Waals surface area contributed by atoms with Crippen LogP contribution in [-0.4, -0.2) is 9.97 Å². The third kappa shape index (κ3) is 2.26. The minimum atomic E-state index is 1.04. The normalized spacial score (nSPS) is 13.9. The zero-order valence-corrected chi connectivity index (χ0v) is 13.9. The molecule has 1 aliphatic rings. The molecule has 0 radical (unpaired) electrons. The average molecular weight is 320 g/mol. The van der Waals surface area contributed by atoms with Crippen LogP contribution < -0.4 is 0 Å². The van der Waals surface area contributed by atoms with Crippen LogP contribution in [0, 0.1) is 6.92 Å². The SMILES string of the molecule is Cc1ccc2c(c1)-c1nc3ccccc3cc1/C2=C\c1cccnc1. The maximum Gasteiger partial charge on any atom is 0.0794 e. The van der Waals surface area contributed by atoms with Crippen LogP contribution in [0.15, 0.2) is 73.1 Å². The molecular weight excluding hydrogens is 304 g/mol. The highest BCUT2D eigenvalue weighted by Gasteiger charge is 2.25. The Kier molecular flexibility index (Phi) is 3.04. The number of pyridine rings is 2. The summed E-state index contributed by atoms with van der Waals surface area (Å²) < 4.78 is 0. The van der Waals surface area contributed by atoms with Crippen molar-refractivity contribution in [3.63, 3.8) is 0 Å². The second kappa shape index (κ2) is 5.38. The van der Waals surface area contributed by atoms with Crippen molar-refractivity contribution in [1.29, 1.82) is 0 Å². The summed E-state index contributed by atoms with van der Waals surface area (Å²) >= 11 is 0. The lowest BCUT2D eigenvalue weighted by atomic mass is 10.0. The van der Waals surface area contributed by atoms with Crippen LogP contribution in [0.25, 0.3) is 33.8 Å². The number of para-hydroxylation sites is 1. The first-order chi connectivity index (χ1) is 12.3. The molecule has 2 heterocycles. The van der Waals surface area contributed by atoms with Crippen LogP contribution in [-0.2, 0) is 0 Å². The molecule has 118 valence electrons. The third-order valence-electron chi connectivity index (χ3n) is 4.73. The molecule has 0 aliphatic heterocycles. The van der Waals surface area contributed by atoms with E-state index >= 15 is 0 Å². The fraction of sp³-hybridized carbons (Fsp3) is 0.0435. The highest BCUT2D eigenvalue weighted by Crippen LogP contribution is 2.45. The van der Waals surface area contributed by atoms with Gasteiger partial charge in [-0.2, -0.15) is 0 Å². The summed E-state index contributed by atoms with van der Waals surface area (Å²) in [4.78, 5) is 9.22. The highest BCUT2D eigenvalue weighted by atomic mass is 14.7. The number of rotatable bonds is 1. The van der Waals surface area contributed by atoms with E-state index in [4.69, 9.17) is 4.98 Å². The quantitative estimate of drug-likeness (QED) is 0.407. The Morgan fingerprint density at radius 1 is 0.840 bits per heavy atom. The standard InChI is InChI=1S/C23H16N2/c1-15-8-9-18-19(12-16-5-4-10-24-14-16)21-13-17-6-2-3-7-22(17)25-23(21)20(18)11-15/h2-14H,1H3/b19-12-. The Morgan fingerprint density at radius 3 is 2.64 bits per heavy atom. The Bertz CT molecular complexity index is 1140. The maximum absolute atomic E-state index is 4.97. The van der Waals surface area contributed by atoms with Gasteiger partial charge in [0.2, 0.25) is 0 Å². The van der Waals surface area contributed by atoms with Crippen molar-refractivity contribution in [2.45, 2.75) is 6.92 Å². The van der Waals surface area contributed by atoms with E-state index in [0.717, 1.165) is 16.8 Å². The first kappa shape index (κ1) is 14.1. The van der Waals surface area contributed by atoms with Crippen molar-refractivity contribution < 1.29 is 0 Å². The fourth-order valence-electron chi connectivity index (χ4n) is 3.54. The van der Waals surface area contributed by atoms with Crippen molar-refractivity contribution in [3.8, 4) is 11.3 Å². The predicted molar refractivity (Wildman–Crippen MR) is 103 cm³/mol. The summed E-state index contributed by atoms with van der Waals surface area (Å²) in [5, 5.41) is 1.17. The minimum absolute atomic E-state index is 1.04. The summed E-state index contributed by atoms with van der Waals surface area (Å²) in [6.07, 6.45) is 5.91. The molecule has 0 spiro atoms. The summed E-state index contributed by atoms with van der Waals surface area (Å²) in [7, 11) is 0. The van der Waals surface area contributed by atoms with Gasteiger partial charge in [-0.25, -0.2) is 4.98 Å². The Balaban J connectivity index is 1.84. The second-order valence-electron chi connectivity index (χ2n) is 6.47. The van der Waals surface area contributed by atoms with Gasteiger partial charge in [-0.05, 0) is 54.0 Å². The molecule has 0 saturated heterocycles. The number of fused-ring (bicyclic) bond motifs is 4. The van der Waals surface area contributed by atoms with E-state index in [0.29, 0.717) is 0 Å². The molecule has 0 N–H and O–H groups in total. The summed E-state index contributed by atoms with van der Waals surface area (Å²) in [5.74, 6) is 0. The zero-order chi connectivity index (χ0) is 16.8. The summed E-state index contributed by atoms with van der Waals surface area (Å²) in [6.45, 7) is 2.13. The van der Waals surface area contributed by atoms with Gasteiger partial charge in [0, 0.05) is 28.9 Å². The van der Waals surface area contributed by atoms with E-state index in [1.54, 1.807) is 6.20 Å². The van der Waals surface area contributed by atoms with Crippen LogP contribution >= 0.6 is 0 Å². The third-order valence-corrected chi connectivity index (χ3v) is 4.73. The fourth-order valence-corrected chi connectivity index (χ4v) is 3.54. The minimum Gasteiger partial charge on any atom is -0.264 e. The van der Waals surface area contributed by atoms with Gasteiger partial charge >= 0.3 is 0 Å². The van der Waals surface area contributed by atoms with E-state index in [2.05, 4.69) is 66.5 Å². The van der Waals surface area contributed by atoms with E-state index in [1.807, 2.05) is 18.3 Å². The Morgan fingerprint density at radius 2 is 1.76 bits per heavy atom. The molecule has 5 rings (SSSR count). The topological polar surface area (TPSA) is 25.8 Å². The Labute approximate surface area is 146 Å². The second-order valence-corrected chi connectivity index (χ2v) is 6.47. The first-order valence-electron chi connectivity index (χ1n) is 8.43.